The van der Waals surface area contributed by atoms with Crippen molar-refractivity contribution in [2.75, 3.05) is 5.32 Å². The zero-order chi connectivity index (χ0) is 14.4. The van der Waals surface area contributed by atoms with Crippen LogP contribution < -0.4 is 10.6 Å². The second-order valence-corrected chi connectivity index (χ2v) is 5.71. The molecule has 0 bridgehead atoms. The molecule has 0 atom stereocenters. The third-order valence-corrected chi connectivity index (χ3v) is 3.47. The maximum Gasteiger partial charge on any atom is 0.196 e. The Bertz CT molecular complexity index is 451. The van der Waals surface area contributed by atoms with Crippen LogP contribution in [0, 0.1) is 0 Å². The Morgan fingerprint density at radius 2 is 1.90 bits per heavy atom. The number of phenols is 1. The topological polar surface area (TPSA) is 56.7 Å². The molecule has 0 aromatic heterocycles. The number of nitrogens with zero attached hydrogens (tertiary/aromatic N) is 1. The largest absolute Gasteiger partial charge is 0.506 e. The molecular formula is C16H25N3O. The fraction of sp³-hybridized carbons (Fsp3) is 0.562. The molecule has 0 aliphatic heterocycles. The molecule has 0 heterocycles. The highest BCUT2D eigenvalue weighted by atomic mass is 16.3. The molecule has 3 N–H and O–H groups in total. The standard InChI is InChI=1S/C16H25N3O/c1-12(2)17-16(18-13-8-4-3-5-9-13)19-14-10-6-7-11-15(14)20/h6-7,10-13,20H,3-5,8-9H2,1-2H3,(H2,17,18,19). The number of guanidine groups is 1. The lowest BCUT2D eigenvalue weighted by atomic mass is 9.96. The van der Waals surface area contributed by atoms with Gasteiger partial charge < -0.3 is 15.7 Å². The van der Waals surface area contributed by atoms with Gasteiger partial charge in [-0.1, -0.05) is 31.4 Å². The summed E-state index contributed by atoms with van der Waals surface area (Å²) in [7, 11) is 0. The quantitative estimate of drug-likeness (QED) is 0.449. The molecule has 2 rings (SSSR count). The minimum Gasteiger partial charge on any atom is -0.506 e. The predicted molar refractivity (Wildman–Crippen MR) is 84.3 cm³/mol. The van der Waals surface area contributed by atoms with Crippen LogP contribution in [-0.4, -0.2) is 23.1 Å². The van der Waals surface area contributed by atoms with Gasteiger partial charge in [-0.15, -0.1) is 0 Å². The highest BCUT2D eigenvalue weighted by Gasteiger charge is 2.14. The zero-order valence-corrected chi connectivity index (χ0v) is 12.4. The molecule has 0 amide bonds. The van der Waals surface area contributed by atoms with Gasteiger partial charge >= 0.3 is 0 Å². The van der Waals surface area contributed by atoms with Crippen LogP contribution in [0.2, 0.25) is 0 Å². The second kappa shape index (κ2) is 7.17. The Labute approximate surface area is 121 Å². The SMILES string of the molecule is CC(C)NC(=NC1CCCCC1)Nc1ccccc1O. The highest BCUT2D eigenvalue weighted by molar-refractivity contribution is 5.95. The van der Waals surface area contributed by atoms with Crippen molar-refractivity contribution in [1.29, 1.82) is 0 Å². The van der Waals surface area contributed by atoms with Crippen LogP contribution in [0.25, 0.3) is 0 Å². The molecule has 1 aliphatic carbocycles. The van der Waals surface area contributed by atoms with Crippen molar-refractivity contribution in [2.24, 2.45) is 4.99 Å². The van der Waals surface area contributed by atoms with E-state index in [0.717, 1.165) is 18.8 Å². The smallest absolute Gasteiger partial charge is 0.196 e. The maximum atomic E-state index is 9.85. The lowest BCUT2D eigenvalue weighted by molar-refractivity contribution is 0.442. The summed E-state index contributed by atoms with van der Waals surface area (Å²) >= 11 is 0. The van der Waals surface area contributed by atoms with Gasteiger partial charge in [-0.2, -0.15) is 0 Å². The first-order chi connectivity index (χ1) is 9.65. The molecule has 1 aliphatic rings. The van der Waals surface area contributed by atoms with E-state index in [4.69, 9.17) is 4.99 Å². The molecule has 20 heavy (non-hydrogen) atoms. The maximum absolute atomic E-state index is 9.85. The van der Waals surface area contributed by atoms with E-state index in [-0.39, 0.29) is 5.75 Å². The Balaban J connectivity index is 2.10. The van der Waals surface area contributed by atoms with Gasteiger partial charge in [-0.25, -0.2) is 4.99 Å². The van der Waals surface area contributed by atoms with E-state index >= 15 is 0 Å². The second-order valence-electron chi connectivity index (χ2n) is 5.71. The summed E-state index contributed by atoms with van der Waals surface area (Å²) in [5.74, 6) is 1.00. The summed E-state index contributed by atoms with van der Waals surface area (Å²) in [5.41, 5.74) is 0.690. The van der Waals surface area contributed by atoms with Crippen molar-refractivity contribution in [1.82, 2.24) is 5.32 Å². The lowest BCUT2D eigenvalue weighted by Gasteiger charge is -2.22. The molecule has 1 aromatic rings. The predicted octanol–water partition coefficient (Wildman–Crippen LogP) is 3.49. The first-order valence-electron chi connectivity index (χ1n) is 7.54. The fourth-order valence-corrected chi connectivity index (χ4v) is 2.48. The normalized spacial score (nSPS) is 17.2. The van der Waals surface area contributed by atoms with E-state index in [1.807, 2.05) is 18.2 Å². The highest BCUT2D eigenvalue weighted by Crippen LogP contribution is 2.23. The molecular weight excluding hydrogens is 250 g/mol. The first-order valence-corrected chi connectivity index (χ1v) is 7.54. The van der Waals surface area contributed by atoms with Crippen LogP contribution in [0.15, 0.2) is 29.3 Å². The third-order valence-electron chi connectivity index (χ3n) is 3.47. The van der Waals surface area contributed by atoms with E-state index in [1.54, 1.807) is 6.07 Å². The minimum atomic E-state index is 0.245. The van der Waals surface area contributed by atoms with Crippen molar-refractivity contribution >= 4 is 11.6 Å². The minimum absolute atomic E-state index is 0.245. The number of para-hydroxylation sites is 2. The lowest BCUT2D eigenvalue weighted by Crippen LogP contribution is -2.37. The van der Waals surface area contributed by atoms with Crippen molar-refractivity contribution in [3.05, 3.63) is 24.3 Å². The molecule has 1 saturated carbocycles. The average Bonchev–Trinajstić information content (AvgIpc) is 2.42. The monoisotopic (exact) mass is 275 g/mol. The number of anilines is 1. The number of aromatic hydroxyl groups is 1. The van der Waals surface area contributed by atoms with Gasteiger partial charge in [0.05, 0.1) is 11.7 Å². The summed E-state index contributed by atoms with van der Waals surface area (Å²) in [4.78, 5) is 4.80. The third kappa shape index (κ3) is 4.44. The van der Waals surface area contributed by atoms with Gasteiger partial charge in [0.15, 0.2) is 5.96 Å². The van der Waals surface area contributed by atoms with E-state index in [9.17, 15) is 5.11 Å². The van der Waals surface area contributed by atoms with Crippen LogP contribution in [-0.2, 0) is 0 Å². The van der Waals surface area contributed by atoms with Crippen LogP contribution in [0.3, 0.4) is 0 Å². The van der Waals surface area contributed by atoms with Gasteiger partial charge in [0, 0.05) is 6.04 Å². The number of rotatable bonds is 3. The van der Waals surface area contributed by atoms with Gasteiger partial charge in [-0.3, -0.25) is 0 Å². The van der Waals surface area contributed by atoms with Gasteiger partial charge in [0.25, 0.3) is 0 Å². The van der Waals surface area contributed by atoms with Crippen LogP contribution in [0.1, 0.15) is 46.0 Å². The number of hydrogen-bond acceptors (Lipinski definition) is 2. The first kappa shape index (κ1) is 14.7. The molecule has 1 aromatic carbocycles. The summed E-state index contributed by atoms with van der Waals surface area (Å²) < 4.78 is 0. The van der Waals surface area contributed by atoms with E-state index in [0.29, 0.717) is 17.8 Å². The van der Waals surface area contributed by atoms with Gasteiger partial charge in [0.2, 0.25) is 0 Å². The molecule has 0 saturated heterocycles. The fourth-order valence-electron chi connectivity index (χ4n) is 2.48. The van der Waals surface area contributed by atoms with Gasteiger partial charge in [0.1, 0.15) is 5.75 Å². The Kier molecular flexibility index (Phi) is 5.27. The summed E-state index contributed by atoms with van der Waals surface area (Å²) in [6.07, 6.45) is 6.17. The van der Waals surface area contributed by atoms with Crippen LogP contribution in [0.5, 0.6) is 5.75 Å². The van der Waals surface area contributed by atoms with E-state index < -0.39 is 0 Å². The Morgan fingerprint density at radius 1 is 1.20 bits per heavy atom. The Morgan fingerprint density at radius 3 is 2.55 bits per heavy atom. The van der Waals surface area contributed by atoms with Crippen molar-refractivity contribution < 1.29 is 5.11 Å². The number of aliphatic imine (C=N–C) groups is 1. The van der Waals surface area contributed by atoms with Crippen LogP contribution in [0.4, 0.5) is 5.69 Å². The van der Waals surface area contributed by atoms with E-state index in [2.05, 4.69) is 24.5 Å². The average molecular weight is 275 g/mol. The summed E-state index contributed by atoms with van der Waals surface area (Å²) in [6, 6.07) is 7.94. The number of benzene rings is 1. The molecule has 0 unspecified atom stereocenters. The van der Waals surface area contributed by atoms with Crippen molar-refractivity contribution in [3.8, 4) is 5.75 Å². The zero-order valence-electron chi connectivity index (χ0n) is 12.4. The Hall–Kier alpha value is -1.71. The van der Waals surface area contributed by atoms with E-state index in [1.165, 1.54) is 19.3 Å². The molecule has 4 nitrogen and oxygen atoms in total. The molecule has 1 fully saturated rings. The van der Waals surface area contributed by atoms with Crippen molar-refractivity contribution in [2.45, 2.75) is 58.0 Å². The number of phenolic OH excluding ortho intramolecular Hbond substituents is 1. The molecule has 4 heteroatoms. The number of nitrogens with one attached hydrogen (secondary N) is 2. The summed E-state index contributed by atoms with van der Waals surface area (Å²) in [5, 5.41) is 16.4. The number of hydrogen-bond donors (Lipinski definition) is 3. The van der Waals surface area contributed by atoms with Crippen LogP contribution >= 0.6 is 0 Å². The molecule has 110 valence electrons. The molecule has 0 radical (unpaired) electrons. The van der Waals surface area contributed by atoms with Crippen molar-refractivity contribution in [3.63, 3.8) is 0 Å². The summed E-state index contributed by atoms with van der Waals surface area (Å²) in [6.45, 7) is 4.17. The molecule has 0 spiro atoms. The van der Waals surface area contributed by atoms with Gasteiger partial charge in [-0.05, 0) is 38.8 Å².